The van der Waals surface area contributed by atoms with Gasteiger partial charge in [0.2, 0.25) is 0 Å². The molecule has 0 aliphatic carbocycles. The second-order valence-electron chi connectivity index (χ2n) is 4.44. The summed E-state index contributed by atoms with van der Waals surface area (Å²) in [6.45, 7) is 10.3. The van der Waals surface area contributed by atoms with Crippen molar-refractivity contribution in [3.63, 3.8) is 0 Å². The van der Waals surface area contributed by atoms with Crippen LogP contribution in [-0.4, -0.2) is 31.2 Å². The van der Waals surface area contributed by atoms with Gasteiger partial charge < -0.3 is 9.64 Å². The Morgan fingerprint density at radius 3 is 2.67 bits per heavy atom. The number of hydrogen-bond donors (Lipinski definition) is 0. The molecule has 0 aliphatic heterocycles. The zero-order valence-electron chi connectivity index (χ0n) is 11.8. The van der Waals surface area contributed by atoms with E-state index in [1.54, 1.807) is 11.3 Å². The van der Waals surface area contributed by atoms with Crippen LogP contribution in [0.15, 0.2) is 0 Å². The molecule has 18 heavy (non-hydrogen) atoms. The highest BCUT2D eigenvalue weighted by Crippen LogP contribution is 2.27. The van der Waals surface area contributed by atoms with Crippen LogP contribution in [-0.2, 0) is 4.74 Å². The predicted molar refractivity (Wildman–Crippen MR) is 75.5 cm³/mol. The molecule has 0 fully saturated rings. The Labute approximate surface area is 113 Å². The Bertz CT molecular complexity index is 404. The largest absolute Gasteiger partial charge is 0.464 e. The normalized spacial score (nSPS) is 12.3. The number of rotatable bonds is 6. The molecule has 0 amide bonds. The van der Waals surface area contributed by atoms with Crippen LogP contribution in [0.25, 0.3) is 0 Å². The molecule has 0 spiro atoms. The van der Waals surface area contributed by atoms with Crippen LogP contribution in [0.3, 0.4) is 0 Å². The number of methoxy groups -OCH3 is 1. The number of carbonyl (C=O) groups excluding carboxylic acids is 1. The number of aryl methyl sites for hydroxylation is 1. The van der Waals surface area contributed by atoms with E-state index in [9.17, 15) is 4.79 Å². The smallest absolute Gasteiger partial charge is 0.357 e. The molecule has 0 saturated heterocycles. The Morgan fingerprint density at radius 2 is 2.17 bits per heavy atom. The van der Waals surface area contributed by atoms with Crippen LogP contribution in [0.2, 0.25) is 0 Å². The summed E-state index contributed by atoms with van der Waals surface area (Å²) in [4.78, 5) is 19.1. The molecule has 1 aromatic heterocycles. The molecule has 0 N–H and O–H groups in total. The van der Waals surface area contributed by atoms with Crippen LogP contribution in [0.5, 0.6) is 0 Å². The summed E-state index contributed by atoms with van der Waals surface area (Å²) in [5.74, 6) is 0.269. The zero-order valence-corrected chi connectivity index (χ0v) is 12.6. The molecule has 1 rings (SSSR count). The minimum atomic E-state index is -0.352. The zero-order chi connectivity index (χ0) is 13.7. The summed E-state index contributed by atoms with van der Waals surface area (Å²) in [6.07, 6.45) is 1.14. The molecule has 1 unspecified atom stereocenters. The summed E-state index contributed by atoms with van der Waals surface area (Å²) in [7, 11) is 1.39. The third kappa shape index (κ3) is 3.45. The van der Waals surface area contributed by atoms with Gasteiger partial charge in [0, 0.05) is 18.0 Å². The molecule has 1 heterocycles. The highest BCUT2D eigenvalue weighted by molar-refractivity contribution is 7.15. The number of anilines is 1. The van der Waals surface area contributed by atoms with Gasteiger partial charge in [0.15, 0.2) is 10.8 Å². The Morgan fingerprint density at radius 1 is 1.50 bits per heavy atom. The maximum atomic E-state index is 11.5. The molecule has 0 aliphatic rings. The number of carbonyl (C=O) groups is 1. The molecule has 0 saturated carbocycles. The van der Waals surface area contributed by atoms with E-state index in [0.717, 1.165) is 29.5 Å². The second kappa shape index (κ2) is 6.73. The van der Waals surface area contributed by atoms with E-state index in [-0.39, 0.29) is 5.97 Å². The number of esters is 1. The Kier molecular flexibility index (Phi) is 5.59. The molecule has 4 nitrogen and oxygen atoms in total. The van der Waals surface area contributed by atoms with Crippen molar-refractivity contribution < 1.29 is 9.53 Å². The summed E-state index contributed by atoms with van der Waals surface area (Å²) in [6, 6.07) is 0. The van der Waals surface area contributed by atoms with Gasteiger partial charge in [-0.3, -0.25) is 0 Å². The lowest BCUT2D eigenvalue weighted by Crippen LogP contribution is -2.28. The third-order valence-corrected chi connectivity index (χ3v) is 4.08. The second-order valence-corrected chi connectivity index (χ2v) is 5.63. The minimum Gasteiger partial charge on any atom is -0.464 e. The molecule has 5 heteroatoms. The van der Waals surface area contributed by atoms with E-state index in [1.165, 1.54) is 7.11 Å². The number of thiazole rings is 1. The molecule has 0 radical (unpaired) electrons. The lowest BCUT2D eigenvalue weighted by atomic mass is 10.1. The first-order valence-corrected chi connectivity index (χ1v) is 7.15. The molecular weight excluding hydrogens is 248 g/mol. The van der Waals surface area contributed by atoms with Crippen molar-refractivity contribution >= 4 is 22.4 Å². The van der Waals surface area contributed by atoms with Crippen molar-refractivity contribution in [2.24, 2.45) is 5.92 Å². The maximum Gasteiger partial charge on any atom is 0.357 e. The fourth-order valence-corrected chi connectivity index (χ4v) is 2.62. The van der Waals surface area contributed by atoms with Crippen molar-refractivity contribution in [1.29, 1.82) is 0 Å². The SMILES string of the molecule is CCC(C)CN(CC)c1nc(C(=O)OC)c(C)s1. The summed E-state index contributed by atoms with van der Waals surface area (Å²) in [5.41, 5.74) is 0.445. The number of aromatic nitrogens is 1. The summed E-state index contributed by atoms with van der Waals surface area (Å²) >= 11 is 1.56. The fourth-order valence-electron chi connectivity index (χ4n) is 1.65. The Balaban J connectivity index is 2.90. The molecule has 0 aromatic carbocycles. The van der Waals surface area contributed by atoms with Gasteiger partial charge in [-0.05, 0) is 19.8 Å². The van der Waals surface area contributed by atoms with E-state index in [0.29, 0.717) is 11.6 Å². The van der Waals surface area contributed by atoms with Crippen LogP contribution in [0.4, 0.5) is 5.13 Å². The third-order valence-electron chi connectivity index (χ3n) is 3.05. The lowest BCUT2D eigenvalue weighted by Gasteiger charge is -2.23. The van der Waals surface area contributed by atoms with Gasteiger partial charge in [0.25, 0.3) is 0 Å². The van der Waals surface area contributed by atoms with E-state index in [2.05, 4.69) is 30.7 Å². The summed E-state index contributed by atoms with van der Waals surface area (Å²) in [5, 5.41) is 0.913. The number of hydrogen-bond acceptors (Lipinski definition) is 5. The van der Waals surface area contributed by atoms with Gasteiger partial charge in [-0.15, -0.1) is 11.3 Å². The quantitative estimate of drug-likeness (QED) is 0.745. The minimum absolute atomic E-state index is 0.352. The molecule has 0 bridgehead atoms. The number of nitrogens with zero attached hydrogens (tertiary/aromatic N) is 2. The molecule has 102 valence electrons. The predicted octanol–water partition coefficient (Wildman–Crippen LogP) is 3.11. The van der Waals surface area contributed by atoms with Crippen molar-refractivity contribution in [3.05, 3.63) is 10.6 Å². The van der Waals surface area contributed by atoms with E-state index in [1.807, 2.05) is 6.92 Å². The van der Waals surface area contributed by atoms with Crippen molar-refractivity contribution in [2.45, 2.75) is 34.1 Å². The molecular formula is C13H22N2O2S. The van der Waals surface area contributed by atoms with Crippen molar-refractivity contribution in [2.75, 3.05) is 25.1 Å². The maximum absolute atomic E-state index is 11.5. The summed E-state index contributed by atoms with van der Waals surface area (Å²) < 4.78 is 4.73. The standard InChI is InChI=1S/C13H22N2O2S/c1-6-9(3)8-15(7-2)13-14-11(10(4)18-13)12(16)17-5/h9H,6-8H2,1-5H3. The van der Waals surface area contributed by atoms with Crippen LogP contribution < -0.4 is 4.90 Å². The van der Waals surface area contributed by atoms with Crippen molar-refractivity contribution in [3.8, 4) is 0 Å². The van der Waals surface area contributed by atoms with E-state index < -0.39 is 0 Å². The van der Waals surface area contributed by atoms with Crippen LogP contribution in [0.1, 0.15) is 42.6 Å². The van der Waals surface area contributed by atoms with Crippen LogP contribution in [0, 0.1) is 12.8 Å². The first-order chi connectivity index (χ1) is 8.53. The Hall–Kier alpha value is -1.10. The molecule has 1 atom stereocenters. The monoisotopic (exact) mass is 270 g/mol. The highest BCUT2D eigenvalue weighted by Gasteiger charge is 2.19. The first-order valence-electron chi connectivity index (χ1n) is 6.34. The van der Waals surface area contributed by atoms with Gasteiger partial charge in [0.1, 0.15) is 0 Å². The van der Waals surface area contributed by atoms with Gasteiger partial charge >= 0.3 is 5.97 Å². The van der Waals surface area contributed by atoms with Crippen molar-refractivity contribution in [1.82, 2.24) is 4.98 Å². The highest BCUT2D eigenvalue weighted by atomic mass is 32.1. The van der Waals surface area contributed by atoms with Gasteiger partial charge in [-0.2, -0.15) is 0 Å². The van der Waals surface area contributed by atoms with Crippen LogP contribution >= 0.6 is 11.3 Å². The average molecular weight is 270 g/mol. The lowest BCUT2D eigenvalue weighted by molar-refractivity contribution is 0.0594. The van der Waals surface area contributed by atoms with Gasteiger partial charge in [0.05, 0.1) is 7.11 Å². The topological polar surface area (TPSA) is 42.4 Å². The number of ether oxygens (including phenoxy) is 1. The van der Waals surface area contributed by atoms with E-state index >= 15 is 0 Å². The van der Waals surface area contributed by atoms with Gasteiger partial charge in [-0.1, -0.05) is 20.3 Å². The fraction of sp³-hybridized carbons (Fsp3) is 0.692. The first kappa shape index (κ1) is 15.0. The van der Waals surface area contributed by atoms with E-state index in [4.69, 9.17) is 4.74 Å². The molecule has 1 aromatic rings. The average Bonchev–Trinajstić information content (AvgIpc) is 2.76. The van der Waals surface area contributed by atoms with Gasteiger partial charge in [-0.25, -0.2) is 9.78 Å².